The number of rotatable bonds is 4. The number of aromatic nitrogens is 3. The van der Waals surface area contributed by atoms with E-state index in [1.54, 1.807) is 11.3 Å². The SMILES string of the molecule is Cc1ccc(-c2csc(Cc3nc(-c4ccccc4Cl)no3)n2)cc1. The second-order valence-corrected chi connectivity index (χ2v) is 7.01. The summed E-state index contributed by atoms with van der Waals surface area (Å²) in [7, 11) is 0. The molecule has 0 amide bonds. The van der Waals surface area contributed by atoms with E-state index in [0.29, 0.717) is 23.2 Å². The van der Waals surface area contributed by atoms with Gasteiger partial charge in [-0.3, -0.25) is 0 Å². The molecule has 4 aromatic rings. The molecule has 0 aliphatic carbocycles. The van der Waals surface area contributed by atoms with E-state index in [2.05, 4.69) is 46.3 Å². The van der Waals surface area contributed by atoms with Crippen molar-refractivity contribution in [3.05, 3.63) is 75.4 Å². The third kappa shape index (κ3) is 3.48. The molecular formula is C19H14ClN3OS. The maximum absolute atomic E-state index is 6.18. The summed E-state index contributed by atoms with van der Waals surface area (Å²) in [6.45, 7) is 2.07. The van der Waals surface area contributed by atoms with E-state index in [1.807, 2.05) is 29.6 Å². The van der Waals surface area contributed by atoms with E-state index >= 15 is 0 Å². The van der Waals surface area contributed by atoms with Gasteiger partial charge in [-0.15, -0.1) is 11.3 Å². The van der Waals surface area contributed by atoms with E-state index in [4.69, 9.17) is 16.1 Å². The Balaban J connectivity index is 1.54. The van der Waals surface area contributed by atoms with Gasteiger partial charge in [-0.1, -0.05) is 58.7 Å². The molecule has 25 heavy (non-hydrogen) atoms. The molecule has 0 aliphatic heterocycles. The average Bonchev–Trinajstić information content (AvgIpc) is 3.26. The van der Waals surface area contributed by atoms with Crippen LogP contribution in [0.2, 0.25) is 5.02 Å². The molecule has 6 heteroatoms. The standard InChI is InChI=1S/C19H14ClN3OS/c1-12-6-8-13(9-7-12)16-11-25-18(21-16)10-17-22-19(23-24-17)14-4-2-3-5-15(14)20/h2-9,11H,10H2,1H3. The predicted molar refractivity (Wildman–Crippen MR) is 99.8 cm³/mol. The third-order valence-corrected chi connectivity index (χ3v) is 4.96. The van der Waals surface area contributed by atoms with Gasteiger partial charge < -0.3 is 4.52 Å². The Kier molecular flexibility index (Phi) is 4.34. The van der Waals surface area contributed by atoms with E-state index in [0.717, 1.165) is 21.8 Å². The van der Waals surface area contributed by atoms with Gasteiger partial charge >= 0.3 is 0 Å². The van der Waals surface area contributed by atoms with Crippen molar-refractivity contribution in [1.29, 1.82) is 0 Å². The van der Waals surface area contributed by atoms with Crippen LogP contribution in [-0.2, 0) is 6.42 Å². The number of aryl methyl sites for hydroxylation is 1. The van der Waals surface area contributed by atoms with E-state index in [1.165, 1.54) is 5.56 Å². The lowest BCUT2D eigenvalue weighted by molar-refractivity contribution is 0.385. The van der Waals surface area contributed by atoms with Crippen LogP contribution < -0.4 is 0 Å². The quantitative estimate of drug-likeness (QED) is 0.483. The minimum Gasteiger partial charge on any atom is -0.339 e. The molecule has 0 unspecified atom stereocenters. The zero-order chi connectivity index (χ0) is 17.2. The van der Waals surface area contributed by atoms with Crippen molar-refractivity contribution in [2.75, 3.05) is 0 Å². The number of thiazole rings is 1. The Morgan fingerprint density at radius 3 is 2.64 bits per heavy atom. The molecule has 0 aliphatic rings. The van der Waals surface area contributed by atoms with Crippen molar-refractivity contribution < 1.29 is 4.52 Å². The van der Waals surface area contributed by atoms with Gasteiger partial charge in [0, 0.05) is 16.5 Å². The van der Waals surface area contributed by atoms with Crippen LogP contribution in [0.1, 0.15) is 16.5 Å². The van der Waals surface area contributed by atoms with Crippen molar-refractivity contribution in [2.24, 2.45) is 0 Å². The minimum atomic E-state index is 0.496. The van der Waals surface area contributed by atoms with Crippen LogP contribution in [0.4, 0.5) is 0 Å². The highest BCUT2D eigenvalue weighted by molar-refractivity contribution is 7.10. The van der Waals surface area contributed by atoms with Crippen molar-refractivity contribution in [3.63, 3.8) is 0 Å². The Morgan fingerprint density at radius 1 is 1.04 bits per heavy atom. The van der Waals surface area contributed by atoms with Crippen LogP contribution in [0.25, 0.3) is 22.6 Å². The number of halogens is 1. The molecule has 124 valence electrons. The van der Waals surface area contributed by atoms with Gasteiger partial charge in [0.05, 0.1) is 17.1 Å². The lowest BCUT2D eigenvalue weighted by Crippen LogP contribution is -1.88. The number of hydrogen-bond acceptors (Lipinski definition) is 5. The summed E-state index contributed by atoms with van der Waals surface area (Å²) in [5.41, 5.74) is 4.07. The third-order valence-electron chi connectivity index (χ3n) is 3.78. The molecular weight excluding hydrogens is 354 g/mol. The molecule has 0 radical (unpaired) electrons. The van der Waals surface area contributed by atoms with Crippen LogP contribution in [0.3, 0.4) is 0 Å². The van der Waals surface area contributed by atoms with E-state index in [9.17, 15) is 0 Å². The van der Waals surface area contributed by atoms with Crippen LogP contribution >= 0.6 is 22.9 Å². The van der Waals surface area contributed by atoms with Gasteiger partial charge in [-0.05, 0) is 19.1 Å². The smallest absolute Gasteiger partial charge is 0.233 e. The van der Waals surface area contributed by atoms with Crippen LogP contribution in [0.15, 0.2) is 58.4 Å². The van der Waals surface area contributed by atoms with Gasteiger partial charge in [0.2, 0.25) is 11.7 Å². The normalized spacial score (nSPS) is 11.0. The summed E-state index contributed by atoms with van der Waals surface area (Å²) in [6, 6.07) is 15.8. The first-order valence-corrected chi connectivity index (χ1v) is 9.04. The van der Waals surface area contributed by atoms with Crippen molar-refractivity contribution in [3.8, 4) is 22.6 Å². The second kappa shape index (κ2) is 6.78. The van der Waals surface area contributed by atoms with Gasteiger partial charge in [0.1, 0.15) is 5.01 Å². The zero-order valence-electron chi connectivity index (χ0n) is 13.4. The van der Waals surface area contributed by atoms with Crippen LogP contribution in [0.5, 0.6) is 0 Å². The number of benzene rings is 2. The zero-order valence-corrected chi connectivity index (χ0v) is 15.0. The molecule has 0 saturated carbocycles. The van der Waals surface area contributed by atoms with E-state index in [-0.39, 0.29) is 0 Å². The molecule has 0 bridgehead atoms. The van der Waals surface area contributed by atoms with Gasteiger partial charge in [-0.2, -0.15) is 4.98 Å². The molecule has 0 N–H and O–H groups in total. The number of hydrogen-bond donors (Lipinski definition) is 0. The van der Waals surface area contributed by atoms with Crippen molar-refractivity contribution in [1.82, 2.24) is 15.1 Å². The molecule has 0 atom stereocenters. The second-order valence-electron chi connectivity index (χ2n) is 5.66. The molecule has 0 spiro atoms. The summed E-state index contributed by atoms with van der Waals surface area (Å²) in [5.74, 6) is 1.02. The van der Waals surface area contributed by atoms with Crippen molar-refractivity contribution in [2.45, 2.75) is 13.3 Å². The van der Waals surface area contributed by atoms with Gasteiger partial charge in [-0.25, -0.2) is 4.98 Å². The molecule has 2 aromatic heterocycles. The highest BCUT2D eigenvalue weighted by atomic mass is 35.5. The fourth-order valence-corrected chi connectivity index (χ4v) is 3.47. The summed E-state index contributed by atoms with van der Waals surface area (Å²) < 4.78 is 5.36. The Morgan fingerprint density at radius 2 is 1.84 bits per heavy atom. The summed E-state index contributed by atoms with van der Waals surface area (Å²) in [6.07, 6.45) is 0.508. The molecule has 2 heterocycles. The fraction of sp³-hybridized carbons (Fsp3) is 0.105. The largest absolute Gasteiger partial charge is 0.339 e. The molecule has 2 aromatic carbocycles. The first kappa shape index (κ1) is 16.0. The maximum atomic E-state index is 6.18. The number of nitrogens with zero attached hydrogens (tertiary/aromatic N) is 3. The van der Waals surface area contributed by atoms with Crippen LogP contribution in [0, 0.1) is 6.92 Å². The summed E-state index contributed by atoms with van der Waals surface area (Å²) in [4.78, 5) is 9.10. The fourth-order valence-electron chi connectivity index (χ4n) is 2.46. The lowest BCUT2D eigenvalue weighted by Gasteiger charge is -1.97. The van der Waals surface area contributed by atoms with Gasteiger partial charge in [0.15, 0.2) is 0 Å². The highest BCUT2D eigenvalue weighted by Gasteiger charge is 2.13. The Labute approximate surface area is 154 Å². The van der Waals surface area contributed by atoms with Gasteiger partial charge in [0.25, 0.3) is 0 Å². The average molecular weight is 368 g/mol. The maximum Gasteiger partial charge on any atom is 0.233 e. The Bertz CT molecular complexity index is 1010. The van der Waals surface area contributed by atoms with E-state index < -0.39 is 0 Å². The molecule has 0 saturated heterocycles. The first-order chi connectivity index (χ1) is 12.2. The minimum absolute atomic E-state index is 0.496. The molecule has 4 nitrogen and oxygen atoms in total. The molecule has 0 fully saturated rings. The molecule has 4 rings (SSSR count). The predicted octanol–water partition coefficient (Wildman–Crippen LogP) is 5.41. The van der Waals surface area contributed by atoms with Crippen molar-refractivity contribution >= 4 is 22.9 Å². The Hall–Kier alpha value is -2.50. The highest BCUT2D eigenvalue weighted by Crippen LogP contribution is 2.27. The summed E-state index contributed by atoms with van der Waals surface area (Å²) >= 11 is 7.77. The van der Waals surface area contributed by atoms with Crippen LogP contribution in [-0.4, -0.2) is 15.1 Å². The first-order valence-electron chi connectivity index (χ1n) is 7.78. The monoisotopic (exact) mass is 367 g/mol. The topological polar surface area (TPSA) is 51.8 Å². The summed E-state index contributed by atoms with van der Waals surface area (Å²) in [5, 5.41) is 7.61. The lowest BCUT2D eigenvalue weighted by atomic mass is 10.1.